The van der Waals surface area contributed by atoms with Crippen molar-refractivity contribution in [3.05, 3.63) is 17.7 Å². The monoisotopic (exact) mass is 225 g/mol. The zero-order chi connectivity index (χ0) is 11.5. The highest BCUT2D eigenvalue weighted by atomic mass is 16.6. The Bertz CT molecular complexity index is 363. The van der Waals surface area contributed by atoms with Crippen molar-refractivity contribution in [1.82, 2.24) is 0 Å². The molecule has 88 valence electrons. The Labute approximate surface area is 93.7 Å². The number of rotatable bonds is 3. The second-order valence-corrected chi connectivity index (χ2v) is 3.54. The SMILES string of the molecule is COc1cc([C@@H](N)CO)cc2c1OCCO2. The number of hydrogen-bond acceptors (Lipinski definition) is 5. The lowest BCUT2D eigenvalue weighted by Gasteiger charge is -2.22. The van der Waals surface area contributed by atoms with E-state index in [2.05, 4.69) is 0 Å². The second kappa shape index (κ2) is 4.59. The van der Waals surface area contributed by atoms with Crippen molar-refractivity contribution >= 4 is 0 Å². The summed E-state index contributed by atoms with van der Waals surface area (Å²) < 4.78 is 16.1. The van der Waals surface area contributed by atoms with Crippen LogP contribution in [0.4, 0.5) is 0 Å². The summed E-state index contributed by atoms with van der Waals surface area (Å²) in [6.45, 7) is 0.894. The van der Waals surface area contributed by atoms with E-state index >= 15 is 0 Å². The summed E-state index contributed by atoms with van der Waals surface area (Å²) in [6.07, 6.45) is 0. The fourth-order valence-corrected chi connectivity index (χ4v) is 1.61. The van der Waals surface area contributed by atoms with Crippen LogP contribution in [0.3, 0.4) is 0 Å². The van der Waals surface area contributed by atoms with Gasteiger partial charge in [-0.1, -0.05) is 0 Å². The molecule has 1 heterocycles. The Morgan fingerprint density at radius 1 is 1.44 bits per heavy atom. The molecule has 1 aromatic rings. The van der Waals surface area contributed by atoms with Gasteiger partial charge < -0.3 is 25.1 Å². The number of methoxy groups -OCH3 is 1. The van der Waals surface area contributed by atoms with Crippen molar-refractivity contribution in [3.63, 3.8) is 0 Å². The molecule has 0 saturated heterocycles. The van der Waals surface area contributed by atoms with Gasteiger partial charge in [-0.05, 0) is 17.7 Å². The van der Waals surface area contributed by atoms with E-state index in [0.29, 0.717) is 30.5 Å². The highest BCUT2D eigenvalue weighted by Gasteiger charge is 2.20. The van der Waals surface area contributed by atoms with Crippen LogP contribution in [0.2, 0.25) is 0 Å². The first kappa shape index (κ1) is 11.0. The molecule has 1 aliphatic rings. The molecule has 2 rings (SSSR count). The zero-order valence-corrected chi connectivity index (χ0v) is 9.10. The topological polar surface area (TPSA) is 73.9 Å². The highest BCUT2D eigenvalue weighted by molar-refractivity contribution is 5.55. The maximum absolute atomic E-state index is 9.02. The summed E-state index contributed by atoms with van der Waals surface area (Å²) in [5.41, 5.74) is 6.52. The molecule has 16 heavy (non-hydrogen) atoms. The Kier molecular flexibility index (Phi) is 3.17. The van der Waals surface area contributed by atoms with Crippen molar-refractivity contribution < 1.29 is 19.3 Å². The average Bonchev–Trinajstić information content (AvgIpc) is 2.36. The van der Waals surface area contributed by atoms with Crippen molar-refractivity contribution in [1.29, 1.82) is 0 Å². The Hall–Kier alpha value is -1.46. The summed E-state index contributed by atoms with van der Waals surface area (Å²) >= 11 is 0. The van der Waals surface area contributed by atoms with Gasteiger partial charge in [0.05, 0.1) is 19.8 Å². The van der Waals surface area contributed by atoms with Gasteiger partial charge in [0.2, 0.25) is 5.75 Å². The van der Waals surface area contributed by atoms with Gasteiger partial charge >= 0.3 is 0 Å². The molecule has 0 aromatic heterocycles. The van der Waals surface area contributed by atoms with Gasteiger partial charge in [-0.3, -0.25) is 0 Å². The largest absolute Gasteiger partial charge is 0.493 e. The van der Waals surface area contributed by atoms with Crippen molar-refractivity contribution in [3.8, 4) is 17.2 Å². The van der Waals surface area contributed by atoms with Crippen LogP contribution >= 0.6 is 0 Å². The third-order valence-corrected chi connectivity index (χ3v) is 2.48. The number of fused-ring (bicyclic) bond motifs is 1. The lowest BCUT2D eigenvalue weighted by Crippen LogP contribution is -2.18. The number of hydrogen-bond donors (Lipinski definition) is 2. The molecule has 3 N–H and O–H groups in total. The minimum atomic E-state index is -0.440. The maximum Gasteiger partial charge on any atom is 0.203 e. The molecule has 0 bridgehead atoms. The van der Waals surface area contributed by atoms with Gasteiger partial charge in [0.15, 0.2) is 11.5 Å². The first-order valence-corrected chi connectivity index (χ1v) is 5.10. The van der Waals surface area contributed by atoms with E-state index in [0.717, 1.165) is 5.56 Å². The number of aliphatic hydroxyl groups excluding tert-OH is 1. The van der Waals surface area contributed by atoms with Crippen LogP contribution in [0.1, 0.15) is 11.6 Å². The van der Waals surface area contributed by atoms with Gasteiger partial charge in [0.1, 0.15) is 13.2 Å². The molecule has 1 aromatic carbocycles. The Morgan fingerprint density at radius 2 is 2.19 bits per heavy atom. The summed E-state index contributed by atoms with van der Waals surface area (Å²) in [6, 6.07) is 3.09. The van der Waals surface area contributed by atoms with Crippen molar-refractivity contribution in [2.24, 2.45) is 5.73 Å². The standard InChI is InChI=1S/C11H15NO4/c1-14-9-4-7(8(12)6-13)5-10-11(9)16-3-2-15-10/h4-5,8,13H,2-3,6,12H2,1H3/t8-/m0/s1. The highest BCUT2D eigenvalue weighted by Crippen LogP contribution is 2.41. The van der Waals surface area contributed by atoms with Crippen molar-refractivity contribution in [2.75, 3.05) is 26.9 Å². The van der Waals surface area contributed by atoms with Crippen LogP contribution in [0.5, 0.6) is 17.2 Å². The van der Waals surface area contributed by atoms with E-state index in [4.69, 9.17) is 25.1 Å². The average molecular weight is 225 g/mol. The molecule has 0 amide bonds. The van der Waals surface area contributed by atoms with Gasteiger partial charge in [-0.2, -0.15) is 0 Å². The number of ether oxygens (including phenoxy) is 3. The Morgan fingerprint density at radius 3 is 2.88 bits per heavy atom. The fourth-order valence-electron chi connectivity index (χ4n) is 1.61. The first-order chi connectivity index (χ1) is 7.76. The summed E-state index contributed by atoms with van der Waals surface area (Å²) in [7, 11) is 1.56. The predicted molar refractivity (Wildman–Crippen MR) is 58.0 cm³/mol. The van der Waals surface area contributed by atoms with E-state index in [1.807, 2.05) is 0 Å². The molecular formula is C11H15NO4. The maximum atomic E-state index is 9.02. The van der Waals surface area contributed by atoms with Gasteiger partial charge in [0, 0.05) is 0 Å². The van der Waals surface area contributed by atoms with Gasteiger partial charge in [-0.15, -0.1) is 0 Å². The molecule has 5 nitrogen and oxygen atoms in total. The molecule has 0 saturated carbocycles. The molecule has 0 radical (unpaired) electrons. The summed E-state index contributed by atoms with van der Waals surface area (Å²) in [5, 5.41) is 9.02. The van der Waals surface area contributed by atoms with Crippen LogP contribution in [0.15, 0.2) is 12.1 Å². The van der Waals surface area contributed by atoms with Crippen LogP contribution in [-0.2, 0) is 0 Å². The first-order valence-electron chi connectivity index (χ1n) is 5.10. The molecule has 5 heteroatoms. The van der Waals surface area contributed by atoms with E-state index in [1.165, 1.54) is 0 Å². The van der Waals surface area contributed by atoms with Crippen molar-refractivity contribution in [2.45, 2.75) is 6.04 Å². The predicted octanol–water partition coefficient (Wildman–Crippen LogP) is 0.458. The second-order valence-electron chi connectivity index (χ2n) is 3.54. The lowest BCUT2D eigenvalue weighted by molar-refractivity contribution is 0.164. The Balaban J connectivity index is 2.43. The van der Waals surface area contributed by atoms with E-state index in [9.17, 15) is 0 Å². The number of nitrogens with two attached hydrogens (primary N) is 1. The lowest BCUT2D eigenvalue weighted by atomic mass is 10.1. The van der Waals surface area contributed by atoms with Gasteiger partial charge in [-0.25, -0.2) is 0 Å². The third-order valence-electron chi connectivity index (χ3n) is 2.48. The molecule has 0 fully saturated rings. The number of benzene rings is 1. The van der Waals surface area contributed by atoms with Crippen LogP contribution in [0.25, 0.3) is 0 Å². The third kappa shape index (κ3) is 1.91. The minimum Gasteiger partial charge on any atom is -0.493 e. The van der Waals surface area contributed by atoms with Gasteiger partial charge in [0.25, 0.3) is 0 Å². The molecule has 0 unspecified atom stereocenters. The van der Waals surface area contributed by atoms with Crippen LogP contribution < -0.4 is 19.9 Å². The smallest absolute Gasteiger partial charge is 0.203 e. The molecule has 1 aliphatic heterocycles. The molecule has 0 spiro atoms. The summed E-state index contributed by atoms with van der Waals surface area (Å²) in [5.74, 6) is 1.79. The van der Waals surface area contributed by atoms with E-state index in [-0.39, 0.29) is 6.61 Å². The van der Waals surface area contributed by atoms with E-state index < -0.39 is 6.04 Å². The van der Waals surface area contributed by atoms with Crippen LogP contribution in [0, 0.1) is 0 Å². The fraction of sp³-hybridized carbons (Fsp3) is 0.455. The summed E-state index contributed by atoms with van der Waals surface area (Å²) in [4.78, 5) is 0. The molecule has 1 atom stereocenters. The van der Waals surface area contributed by atoms with Crippen LogP contribution in [-0.4, -0.2) is 32.0 Å². The molecular weight excluding hydrogens is 210 g/mol. The normalized spacial score (nSPS) is 15.7. The minimum absolute atomic E-state index is 0.122. The quantitative estimate of drug-likeness (QED) is 0.781. The van der Waals surface area contributed by atoms with E-state index in [1.54, 1.807) is 19.2 Å². The number of aliphatic hydroxyl groups is 1. The molecule has 0 aliphatic carbocycles. The zero-order valence-electron chi connectivity index (χ0n) is 9.10.